The zero-order valence-electron chi connectivity index (χ0n) is 11.4. The van der Waals surface area contributed by atoms with Crippen molar-refractivity contribution in [1.29, 1.82) is 0 Å². The van der Waals surface area contributed by atoms with Crippen LogP contribution >= 0.6 is 11.8 Å². The largest absolute Gasteiger partial charge is 0.469 e. The van der Waals surface area contributed by atoms with E-state index in [0.717, 1.165) is 5.69 Å². The molecule has 0 fully saturated rings. The second-order valence-electron chi connectivity index (χ2n) is 4.42. The fraction of sp³-hybridized carbons (Fsp3) is 0.357. The van der Waals surface area contributed by atoms with E-state index in [9.17, 15) is 9.59 Å². The minimum absolute atomic E-state index is 0.0909. The molecule has 0 saturated heterocycles. The fourth-order valence-electron chi connectivity index (χ4n) is 1.78. The highest BCUT2D eigenvalue weighted by molar-refractivity contribution is 7.99. The molecular weight excluding hydrogens is 276 g/mol. The summed E-state index contributed by atoms with van der Waals surface area (Å²) in [4.78, 5) is 27.5. The minimum Gasteiger partial charge on any atom is -0.469 e. The lowest BCUT2D eigenvalue weighted by molar-refractivity contribution is -0.140. The molecular formula is C14H16N2O3S. The first kappa shape index (κ1) is 14.6. The van der Waals surface area contributed by atoms with E-state index in [4.69, 9.17) is 0 Å². The molecule has 2 aromatic heterocycles. The highest BCUT2D eigenvalue weighted by Crippen LogP contribution is 2.19. The summed E-state index contributed by atoms with van der Waals surface area (Å²) < 4.78 is 6.13. The Morgan fingerprint density at radius 2 is 2.30 bits per heavy atom. The maximum absolute atomic E-state index is 11.9. The van der Waals surface area contributed by atoms with Crippen LogP contribution in [0, 0.1) is 0 Å². The van der Waals surface area contributed by atoms with Crippen molar-refractivity contribution in [2.75, 3.05) is 7.11 Å². The lowest BCUT2D eigenvalue weighted by Gasteiger charge is -2.09. The van der Waals surface area contributed by atoms with E-state index < -0.39 is 0 Å². The van der Waals surface area contributed by atoms with Gasteiger partial charge in [0.2, 0.25) is 0 Å². The van der Waals surface area contributed by atoms with Crippen LogP contribution in [0.2, 0.25) is 0 Å². The Labute approximate surface area is 121 Å². The van der Waals surface area contributed by atoms with Crippen molar-refractivity contribution in [3.05, 3.63) is 46.5 Å². The lowest BCUT2D eigenvalue weighted by Crippen LogP contribution is -2.15. The zero-order valence-corrected chi connectivity index (χ0v) is 12.2. The van der Waals surface area contributed by atoms with Gasteiger partial charge in [-0.1, -0.05) is 13.0 Å². The van der Waals surface area contributed by atoms with Crippen LogP contribution in [-0.4, -0.2) is 27.7 Å². The number of methoxy groups -OCH3 is 1. The minimum atomic E-state index is -0.225. The molecule has 0 aliphatic heterocycles. The number of hydrogen-bond donors (Lipinski definition) is 0. The molecule has 0 aliphatic rings. The number of rotatable bonds is 5. The summed E-state index contributed by atoms with van der Waals surface area (Å²) in [5.74, 6) is 0.371. The van der Waals surface area contributed by atoms with Crippen LogP contribution in [0.1, 0.15) is 19.0 Å². The number of carbonyl (C=O) groups excluding carboxylic acids is 1. The van der Waals surface area contributed by atoms with Gasteiger partial charge < -0.3 is 4.74 Å². The highest BCUT2D eigenvalue weighted by Gasteiger charge is 2.10. The van der Waals surface area contributed by atoms with Crippen molar-refractivity contribution in [3.63, 3.8) is 0 Å². The van der Waals surface area contributed by atoms with Gasteiger partial charge in [0.05, 0.1) is 19.2 Å². The smallest absolute Gasteiger partial charge is 0.306 e. The molecule has 0 bridgehead atoms. The maximum Gasteiger partial charge on any atom is 0.306 e. The third-order valence-electron chi connectivity index (χ3n) is 2.82. The van der Waals surface area contributed by atoms with Gasteiger partial charge in [0.15, 0.2) is 0 Å². The number of aromatic nitrogens is 2. The van der Waals surface area contributed by atoms with Gasteiger partial charge in [-0.2, -0.15) is 11.8 Å². The van der Waals surface area contributed by atoms with Crippen LogP contribution in [-0.2, 0) is 15.3 Å². The van der Waals surface area contributed by atoms with Gasteiger partial charge >= 0.3 is 5.97 Å². The fourth-order valence-corrected chi connectivity index (χ4v) is 2.64. The molecule has 1 atom stereocenters. The molecule has 0 saturated carbocycles. The summed E-state index contributed by atoms with van der Waals surface area (Å²) in [6.07, 6.45) is 2.05. The Morgan fingerprint density at radius 3 is 3.05 bits per heavy atom. The molecule has 2 heterocycles. The van der Waals surface area contributed by atoms with Crippen LogP contribution in [0.25, 0.3) is 5.65 Å². The van der Waals surface area contributed by atoms with Gasteiger partial charge in [-0.25, -0.2) is 4.98 Å². The average Bonchev–Trinajstić information content (AvgIpc) is 2.45. The monoisotopic (exact) mass is 292 g/mol. The van der Waals surface area contributed by atoms with Gasteiger partial charge in [-0.05, 0) is 12.1 Å². The second kappa shape index (κ2) is 6.56. The van der Waals surface area contributed by atoms with Crippen molar-refractivity contribution in [2.45, 2.75) is 24.3 Å². The molecule has 0 spiro atoms. The van der Waals surface area contributed by atoms with Crippen molar-refractivity contribution < 1.29 is 9.53 Å². The highest BCUT2D eigenvalue weighted by atomic mass is 32.2. The van der Waals surface area contributed by atoms with E-state index in [1.807, 2.05) is 13.0 Å². The molecule has 0 amide bonds. The predicted octanol–water partition coefficient (Wildman–Crippen LogP) is 1.88. The summed E-state index contributed by atoms with van der Waals surface area (Å²) in [5, 5.41) is 0.124. The van der Waals surface area contributed by atoms with E-state index in [1.165, 1.54) is 17.6 Å². The zero-order chi connectivity index (χ0) is 14.5. The van der Waals surface area contributed by atoms with Crippen LogP contribution in [0.5, 0.6) is 0 Å². The van der Waals surface area contributed by atoms with Crippen molar-refractivity contribution in [2.24, 2.45) is 0 Å². The van der Waals surface area contributed by atoms with E-state index in [1.54, 1.807) is 30.1 Å². The summed E-state index contributed by atoms with van der Waals surface area (Å²) in [5.41, 5.74) is 1.27. The lowest BCUT2D eigenvalue weighted by atomic mass is 10.3. The van der Waals surface area contributed by atoms with E-state index in [-0.39, 0.29) is 16.8 Å². The molecule has 2 aromatic rings. The van der Waals surface area contributed by atoms with Gasteiger partial charge in [-0.3, -0.25) is 14.0 Å². The average molecular weight is 292 g/mol. The molecule has 0 N–H and O–H groups in total. The van der Waals surface area contributed by atoms with Crippen molar-refractivity contribution >= 4 is 23.4 Å². The SMILES string of the molecule is COC(=O)CC(C)SCc1cc(=O)n2ccccc2n1. The van der Waals surface area contributed by atoms with Gasteiger partial charge in [0, 0.05) is 23.3 Å². The molecule has 106 valence electrons. The summed E-state index contributed by atoms with van der Waals surface area (Å²) >= 11 is 1.58. The standard InChI is InChI=1S/C14H16N2O3S/c1-10(7-14(18)19-2)20-9-11-8-13(17)16-6-4-3-5-12(16)15-11/h3-6,8,10H,7,9H2,1-2H3. The Bertz CT molecular complexity index is 669. The molecule has 5 nitrogen and oxygen atoms in total. The molecule has 1 unspecified atom stereocenters. The van der Waals surface area contributed by atoms with Crippen molar-refractivity contribution in [1.82, 2.24) is 9.38 Å². The second-order valence-corrected chi connectivity index (χ2v) is 5.84. The van der Waals surface area contributed by atoms with Crippen molar-refractivity contribution in [3.8, 4) is 0 Å². The van der Waals surface area contributed by atoms with Crippen LogP contribution in [0.4, 0.5) is 0 Å². The van der Waals surface area contributed by atoms with Gasteiger partial charge in [0.25, 0.3) is 5.56 Å². The molecule has 6 heteroatoms. The topological polar surface area (TPSA) is 60.7 Å². The number of esters is 1. The van der Waals surface area contributed by atoms with Gasteiger partial charge in [-0.15, -0.1) is 0 Å². The van der Waals surface area contributed by atoms with E-state index in [2.05, 4.69) is 9.72 Å². The number of pyridine rings is 1. The molecule has 0 radical (unpaired) electrons. The molecule has 2 rings (SSSR count). The van der Waals surface area contributed by atoms with E-state index >= 15 is 0 Å². The quantitative estimate of drug-likeness (QED) is 0.787. The molecule has 20 heavy (non-hydrogen) atoms. The van der Waals surface area contributed by atoms with Crippen LogP contribution in [0.15, 0.2) is 35.3 Å². The molecule has 0 aliphatic carbocycles. The summed E-state index contributed by atoms with van der Waals surface area (Å²) in [7, 11) is 1.38. The van der Waals surface area contributed by atoms with Crippen LogP contribution in [0.3, 0.4) is 0 Å². The predicted molar refractivity (Wildman–Crippen MR) is 78.9 cm³/mol. The van der Waals surface area contributed by atoms with Crippen LogP contribution < -0.4 is 5.56 Å². The third-order valence-corrected chi connectivity index (χ3v) is 4.02. The number of thioether (sulfide) groups is 1. The first-order valence-corrected chi connectivity index (χ1v) is 7.31. The number of ether oxygens (including phenoxy) is 1. The maximum atomic E-state index is 11.9. The number of fused-ring (bicyclic) bond motifs is 1. The number of carbonyl (C=O) groups is 1. The number of hydrogen-bond acceptors (Lipinski definition) is 5. The van der Waals surface area contributed by atoms with E-state index in [0.29, 0.717) is 17.8 Å². The Hall–Kier alpha value is -1.82. The first-order chi connectivity index (χ1) is 9.60. The molecule has 0 aromatic carbocycles. The summed E-state index contributed by atoms with van der Waals surface area (Å²) in [6, 6.07) is 6.97. The van der Waals surface area contributed by atoms with Gasteiger partial charge in [0.1, 0.15) is 5.65 Å². The third kappa shape index (κ3) is 3.60. The number of nitrogens with zero attached hydrogens (tertiary/aromatic N) is 2. The Morgan fingerprint density at radius 1 is 1.50 bits per heavy atom. The first-order valence-electron chi connectivity index (χ1n) is 6.26. The summed E-state index contributed by atoms with van der Waals surface area (Å²) in [6.45, 7) is 1.95. The Balaban J connectivity index is 2.07. The Kier molecular flexibility index (Phi) is 4.79. The normalized spacial score (nSPS) is 12.3.